The number of aromatic carboxylic acids is 1. The van der Waals surface area contributed by atoms with Crippen LogP contribution >= 0.6 is 11.6 Å². The minimum atomic E-state index is -1.28. The average Bonchev–Trinajstić information content (AvgIpc) is 3.62. The predicted molar refractivity (Wildman–Crippen MR) is 154 cm³/mol. The van der Waals surface area contributed by atoms with E-state index in [4.69, 9.17) is 16.6 Å². The van der Waals surface area contributed by atoms with Crippen molar-refractivity contribution in [3.05, 3.63) is 69.5 Å². The molecule has 2 aliphatic heterocycles. The molecule has 0 amide bonds. The molecule has 11 heteroatoms. The zero-order valence-corrected chi connectivity index (χ0v) is 22.6. The SMILES string of the molecule is CNc1cc(F)c(Cl)c2c1[nH]c1ncc(-c3ccc4ccc(C(=O)O)c(=O)n4c3)c(N3CCC4CN(C)CC43)c12. The van der Waals surface area contributed by atoms with Crippen molar-refractivity contribution in [1.29, 1.82) is 0 Å². The standard InChI is InChI=1S/C29H26ClFN6O3/c1-32-20-9-19(31)24(30)22-23-26(36-8-7-15-11-35(2)13-21(15)36)18(10-33-27(23)34-25(20)22)14-3-4-16-5-6-17(29(39)40)28(38)37(16)12-14/h3-6,9-10,12,15,21,32H,7-8,11,13H2,1-2H3,(H,33,34)(H,39,40). The van der Waals surface area contributed by atoms with E-state index in [1.54, 1.807) is 31.6 Å². The molecule has 40 heavy (non-hydrogen) atoms. The van der Waals surface area contributed by atoms with Crippen LogP contribution in [0.1, 0.15) is 16.8 Å². The van der Waals surface area contributed by atoms with Crippen molar-refractivity contribution in [2.24, 2.45) is 5.92 Å². The number of likely N-dealkylation sites (N-methyl/N-ethyl adjacent to an activating group) is 1. The zero-order valence-electron chi connectivity index (χ0n) is 21.8. The van der Waals surface area contributed by atoms with E-state index in [0.717, 1.165) is 42.7 Å². The molecule has 0 saturated carbocycles. The summed E-state index contributed by atoms with van der Waals surface area (Å²) in [5, 5.41) is 13.8. The molecule has 4 aromatic heterocycles. The van der Waals surface area contributed by atoms with Gasteiger partial charge >= 0.3 is 5.97 Å². The van der Waals surface area contributed by atoms with E-state index in [1.807, 2.05) is 6.07 Å². The number of benzene rings is 1. The van der Waals surface area contributed by atoms with Crippen molar-refractivity contribution in [3.8, 4) is 11.1 Å². The van der Waals surface area contributed by atoms with Gasteiger partial charge in [0.05, 0.1) is 27.3 Å². The van der Waals surface area contributed by atoms with Crippen LogP contribution in [0, 0.1) is 11.7 Å². The van der Waals surface area contributed by atoms with Gasteiger partial charge in [-0.3, -0.25) is 9.20 Å². The number of halogens is 2. The van der Waals surface area contributed by atoms with Gasteiger partial charge in [0.15, 0.2) is 0 Å². The first-order valence-corrected chi connectivity index (χ1v) is 13.5. The first-order chi connectivity index (χ1) is 19.3. The topological polar surface area (TPSA) is 106 Å². The van der Waals surface area contributed by atoms with Crippen LogP contribution in [0.3, 0.4) is 0 Å². The lowest BCUT2D eigenvalue weighted by Crippen LogP contribution is -2.35. The lowest BCUT2D eigenvalue weighted by atomic mass is 10.0. The van der Waals surface area contributed by atoms with E-state index >= 15 is 4.39 Å². The molecule has 2 saturated heterocycles. The van der Waals surface area contributed by atoms with Crippen molar-refractivity contribution < 1.29 is 14.3 Å². The van der Waals surface area contributed by atoms with Gasteiger partial charge in [0.2, 0.25) is 0 Å². The quantitative estimate of drug-likeness (QED) is 0.293. The van der Waals surface area contributed by atoms with Crippen molar-refractivity contribution in [1.82, 2.24) is 19.3 Å². The van der Waals surface area contributed by atoms with E-state index in [9.17, 15) is 14.7 Å². The number of carbonyl (C=O) groups is 1. The van der Waals surface area contributed by atoms with Gasteiger partial charge in [0.1, 0.15) is 17.0 Å². The molecule has 7 rings (SSSR count). The number of H-pyrrole nitrogens is 1. The summed E-state index contributed by atoms with van der Waals surface area (Å²) < 4.78 is 16.5. The second-order valence-corrected chi connectivity index (χ2v) is 11.1. The molecule has 0 radical (unpaired) electrons. The van der Waals surface area contributed by atoms with Gasteiger partial charge in [-0.1, -0.05) is 17.7 Å². The summed E-state index contributed by atoms with van der Waals surface area (Å²) in [6.07, 6.45) is 4.43. The van der Waals surface area contributed by atoms with Crippen LogP contribution in [0.2, 0.25) is 5.02 Å². The predicted octanol–water partition coefficient (Wildman–Crippen LogP) is 4.67. The van der Waals surface area contributed by atoms with Gasteiger partial charge in [0.25, 0.3) is 5.56 Å². The number of hydrogen-bond donors (Lipinski definition) is 3. The minimum Gasteiger partial charge on any atom is -0.477 e. The highest BCUT2D eigenvalue weighted by atomic mass is 35.5. The summed E-state index contributed by atoms with van der Waals surface area (Å²) >= 11 is 6.65. The van der Waals surface area contributed by atoms with Gasteiger partial charge in [0, 0.05) is 73.2 Å². The molecule has 1 aromatic carbocycles. The number of pyridine rings is 3. The van der Waals surface area contributed by atoms with Crippen molar-refractivity contribution >= 4 is 56.4 Å². The number of aromatic amines is 1. The summed E-state index contributed by atoms with van der Waals surface area (Å²) in [6, 6.07) is 8.23. The average molecular weight is 561 g/mol. The fourth-order valence-corrected chi connectivity index (χ4v) is 6.86. The summed E-state index contributed by atoms with van der Waals surface area (Å²) in [4.78, 5) is 37.5. The third-order valence-electron chi connectivity index (χ3n) is 8.44. The lowest BCUT2D eigenvalue weighted by molar-refractivity contribution is 0.0694. The molecule has 0 spiro atoms. The molecule has 2 unspecified atom stereocenters. The Morgan fingerprint density at radius 3 is 2.80 bits per heavy atom. The monoisotopic (exact) mass is 560 g/mol. The normalized spacial score (nSPS) is 19.2. The van der Waals surface area contributed by atoms with Crippen LogP contribution < -0.4 is 15.8 Å². The fourth-order valence-electron chi connectivity index (χ4n) is 6.61. The Kier molecular flexibility index (Phi) is 5.55. The molecule has 2 fully saturated rings. The molecule has 6 heterocycles. The highest BCUT2D eigenvalue weighted by Crippen LogP contribution is 2.47. The van der Waals surface area contributed by atoms with Crippen LogP contribution in [0.15, 0.2) is 47.5 Å². The van der Waals surface area contributed by atoms with Gasteiger partial charge in [-0.15, -0.1) is 0 Å². The molecular weight excluding hydrogens is 535 g/mol. The Labute approximate surface area is 232 Å². The molecule has 0 bridgehead atoms. The van der Waals surface area contributed by atoms with Gasteiger partial charge in [-0.05, 0) is 37.6 Å². The Bertz CT molecular complexity index is 1940. The summed E-state index contributed by atoms with van der Waals surface area (Å²) in [5.74, 6) is -1.32. The molecule has 2 aliphatic rings. The first kappa shape index (κ1) is 24.9. The fraction of sp³-hybridized carbons (Fsp3) is 0.276. The van der Waals surface area contributed by atoms with Crippen LogP contribution in [0.5, 0.6) is 0 Å². The maximum atomic E-state index is 15.1. The Hall–Kier alpha value is -4.15. The number of aromatic nitrogens is 3. The number of anilines is 2. The highest BCUT2D eigenvalue weighted by molar-refractivity contribution is 6.39. The molecule has 0 aliphatic carbocycles. The van der Waals surface area contributed by atoms with Crippen LogP contribution in [-0.2, 0) is 0 Å². The van der Waals surface area contributed by atoms with Crippen molar-refractivity contribution in [2.45, 2.75) is 12.5 Å². The van der Waals surface area contributed by atoms with E-state index < -0.39 is 17.3 Å². The van der Waals surface area contributed by atoms with E-state index in [0.29, 0.717) is 39.2 Å². The molecule has 3 N–H and O–H groups in total. The third-order valence-corrected chi connectivity index (χ3v) is 8.81. The Balaban J connectivity index is 1.57. The summed E-state index contributed by atoms with van der Waals surface area (Å²) in [6.45, 7) is 2.70. The molecule has 5 aromatic rings. The van der Waals surface area contributed by atoms with Crippen molar-refractivity contribution in [2.75, 3.05) is 43.9 Å². The van der Waals surface area contributed by atoms with Gasteiger partial charge in [-0.25, -0.2) is 14.2 Å². The third kappa shape index (κ3) is 3.52. The van der Waals surface area contributed by atoms with E-state index in [1.165, 1.54) is 16.5 Å². The van der Waals surface area contributed by atoms with Gasteiger partial charge < -0.3 is 25.2 Å². The Morgan fingerprint density at radius 1 is 1.23 bits per heavy atom. The van der Waals surface area contributed by atoms with Crippen LogP contribution in [-0.4, -0.2) is 70.1 Å². The number of nitrogens with one attached hydrogen (secondary N) is 2. The number of likely N-dealkylation sites (tertiary alicyclic amines) is 1. The smallest absolute Gasteiger partial charge is 0.341 e. The summed E-state index contributed by atoms with van der Waals surface area (Å²) in [7, 11) is 3.84. The molecule has 204 valence electrons. The number of carboxylic acids is 1. The van der Waals surface area contributed by atoms with E-state index in [-0.39, 0.29) is 16.6 Å². The van der Waals surface area contributed by atoms with Gasteiger partial charge in [-0.2, -0.15) is 0 Å². The Morgan fingerprint density at radius 2 is 2.02 bits per heavy atom. The van der Waals surface area contributed by atoms with Crippen molar-refractivity contribution in [3.63, 3.8) is 0 Å². The molecule has 9 nitrogen and oxygen atoms in total. The first-order valence-electron chi connectivity index (χ1n) is 13.1. The number of hydrogen-bond acceptors (Lipinski definition) is 6. The maximum absolute atomic E-state index is 15.1. The molecular formula is C29H26ClFN6O3. The second-order valence-electron chi connectivity index (χ2n) is 10.7. The second kappa shape index (κ2) is 8.94. The minimum absolute atomic E-state index is 0.0144. The molecule has 2 atom stereocenters. The number of fused-ring (bicyclic) bond motifs is 5. The summed E-state index contributed by atoms with van der Waals surface area (Å²) in [5.41, 5.74) is 3.78. The lowest BCUT2D eigenvalue weighted by Gasteiger charge is -2.29. The van der Waals surface area contributed by atoms with Crippen LogP contribution in [0.4, 0.5) is 15.8 Å². The zero-order chi connectivity index (χ0) is 27.9. The highest BCUT2D eigenvalue weighted by Gasteiger charge is 2.42. The van der Waals surface area contributed by atoms with Crippen LogP contribution in [0.25, 0.3) is 38.6 Å². The number of nitrogens with zero attached hydrogens (tertiary/aromatic N) is 4. The number of carboxylic acid groups (broad SMARTS) is 1. The van der Waals surface area contributed by atoms with E-state index in [2.05, 4.69) is 27.1 Å². The largest absolute Gasteiger partial charge is 0.477 e. The maximum Gasteiger partial charge on any atom is 0.341 e. The number of rotatable bonds is 4.